The van der Waals surface area contributed by atoms with Crippen LogP contribution in [0.5, 0.6) is 0 Å². The summed E-state index contributed by atoms with van der Waals surface area (Å²) < 4.78 is 40.5. The topological polar surface area (TPSA) is 81.2 Å². The molecule has 0 spiro atoms. The van der Waals surface area contributed by atoms with Crippen molar-refractivity contribution in [3.8, 4) is 0 Å². The molecule has 0 atom stereocenters. The Morgan fingerprint density at radius 3 is 2.70 bits per heavy atom. The average Bonchev–Trinajstić information content (AvgIpc) is 2.78. The van der Waals surface area contributed by atoms with E-state index in [4.69, 9.17) is 5.73 Å². The molecule has 0 saturated heterocycles. The number of nitrogen functional groups attached to an aromatic ring is 1. The number of hydrogen-bond acceptors (Lipinski definition) is 4. The number of anilines is 1. The van der Waals surface area contributed by atoms with Crippen LogP contribution in [-0.2, 0) is 23.6 Å². The van der Waals surface area contributed by atoms with E-state index >= 15 is 0 Å². The molecular weight excluding hydrogens is 283 g/mol. The SMILES string of the molecule is CN(Cc1cnn(C)c1)S(=O)(=O)c1ccc(F)c(N)c1. The number of benzene rings is 1. The fourth-order valence-electron chi connectivity index (χ4n) is 1.76. The van der Waals surface area contributed by atoms with Crippen molar-refractivity contribution in [1.29, 1.82) is 0 Å². The number of nitrogens with two attached hydrogens (primary N) is 1. The third-order valence-corrected chi connectivity index (χ3v) is 4.64. The second-order valence-electron chi connectivity index (χ2n) is 4.47. The number of aryl methyl sites for hydroxylation is 1. The van der Waals surface area contributed by atoms with Crippen LogP contribution in [0.2, 0.25) is 0 Å². The molecule has 1 aromatic heterocycles. The van der Waals surface area contributed by atoms with Gasteiger partial charge in [0.1, 0.15) is 5.82 Å². The average molecular weight is 298 g/mol. The van der Waals surface area contributed by atoms with Gasteiger partial charge in [-0.1, -0.05) is 0 Å². The predicted octanol–water partition coefficient (Wildman–Crippen LogP) is 0.962. The molecular formula is C12H15FN4O2S. The summed E-state index contributed by atoms with van der Waals surface area (Å²) in [4.78, 5) is -0.0391. The summed E-state index contributed by atoms with van der Waals surface area (Å²) in [5.74, 6) is -0.640. The van der Waals surface area contributed by atoms with E-state index in [1.807, 2.05) is 0 Å². The van der Waals surface area contributed by atoms with Crippen LogP contribution < -0.4 is 5.73 Å². The molecule has 0 aliphatic carbocycles. The highest BCUT2D eigenvalue weighted by Gasteiger charge is 2.22. The van der Waals surface area contributed by atoms with Crippen molar-refractivity contribution in [2.24, 2.45) is 7.05 Å². The molecule has 1 heterocycles. The molecule has 1 aromatic carbocycles. The Hall–Kier alpha value is -1.93. The van der Waals surface area contributed by atoms with Gasteiger partial charge in [0.2, 0.25) is 10.0 Å². The Kier molecular flexibility index (Phi) is 3.78. The molecule has 0 unspecified atom stereocenters. The molecule has 0 bridgehead atoms. The fourth-order valence-corrected chi connectivity index (χ4v) is 2.95. The number of rotatable bonds is 4. The maximum Gasteiger partial charge on any atom is 0.243 e. The summed E-state index contributed by atoms with van der Waals surface area (Å²) in [7, 11) is -0.523. The minimum atomic E-state index is -3.72. The van der Waals surface area contributed by atoms with Gasteiger partial charge >= 0.3 is 0 Å². The van der Waals surface area contributed by atoms with Crippen LogP contribution in [0.4, 0.5) is 10.1 Å². The van der Waals surface area contributed by atoms with E-state index in [1.165, 1.54) is 13.1 Å². The van der Waals surface area contributed by atoms with Crippen molar-refractivity contribution in [2.75, 3.05) is 12.8 Å². The third-order valence-electron chi connectivity index (χ3n) is 2.84. The first-order chi connectivity index (χ1) is 9.30. The van der Waals surface area contributed by atoms with Gasteiger partial charge < -0.3 is 5.73 Å². The molecule has 0 radical (unpaired) electrons. The van der Waals surface area contributed by atoms with Gasteiger partial charge in [0.05, 0.1) is 16.8 Å². The van der Waals surface area contributed by atoms with Gasteiger partial charge in [-0.15, -0.1) is 0 Å². The molecule has 8 heteroatoms. The van der Waals surface area contributed by atoms with Gasteiger partial charge in [0, 0.05) is 32.4 Å². The first-order valence-electron chi connectivity index (χ1n) is 5.79. The van der Waals surface area contributed by atoms with E-state index in [9.17, 15) is 12.8 Å². The molecule has 2 rings (SSSR count). The predicted molar refractivity (Wildman–Crippen MR) is 72.7 cm³/mol. The third kappa shape index (κ3) is 2.81. The highest BCUT2D eigenvalue weighted by molar-refractivity contribution is 7.89. The van der Waals surface area contributed by atoms with E-state index < -0.39 is 15.8 Å². The first kappa shape index (κ1) is 14.5. The monoisotopic (exact) mass is 298 g/mol. The van der Waals surface area contributed by atoms with Crippen LogP contribution in [0.15, 0.2) is 35.5 Å². The Labute approximate surface area is 116 Å². The zero-order valence-electron chi connectivity index (χ0n) is 11.1. The standard InChI is InChI=1S/C12H15FN4O2S/c1-16-7-9(6-15-16)8-17(2)20(18,19)10-3-4-11(13)12(14)5-10/h3-7H,8,14H2,1-2H3. The second kappa shape index (κ2) is 5.22. The van der Waals surface area contributed by atoms with Gasteiger partial charge in [-0.25, -0.2) is 12.8 Å². The molecule has 20 heavy (non-hydrogen) atoms. The van der Waals surface area contributed by atoms with E-state index in [0.29, 0.717) is 0 Å². The lowest BCUT2D eigenvalue weighted by molar-refractivity contribution is 0.466. The molecule has 0 fully saturated rings. The summed E-state index contributed by atoms with van der Waals surface area (Å²) in [5.41, 5.74) is 5.97. The van der Waals surface area contributed by atoms with Gasteiger partial charge in [-0.05, 0) is 18.2 Å². The van der Waals surface area contributed by atoms with Crippen LogP contribution in [0, 0.1) is 5.82 Å². The summed E-state index contributed by atoms with van der Waals surface area (Å²) in [6.07, 6.45) is 3.32. The van der Waals surface area contributed by atoms with E-state index in [2.05, 4.69) is 5.10 Å². The number of halogens is 1. The van der Waals surface area contributed by atoms with Gasteiger partial charge in [-0.3, -0.25) is 4.68 Å². The Morgan fingerprint density at radius 1 is 1.45 bits per heavy atom. The lowest BCUT2D eigenvalue weighted by atomic mass is 10.3. The zero-order chi connectivity index (χ0) is 14.9. The zero-order valence-corrected chi connectivity index (χ0v) is 11.9. The van der Waals surface area contributed by atoms with Crippen molar-refractivity contribution in [3.63, 3.8) is 0 Å². The van der Waals surface area contributed by atoms with Crippen LogP contribution in [0.3, 0.4) is 0 Å². The summed E-state index contributed by atoms with van der Waals surface area (Å²) in [6.45, 7) is 0.174. The normalized spacial score (nSPS) is 12.0. The number of hydrogen-bond donors (Lipinski definition) is 1. The van der Waals surface area contributed by atoms with E-state index in [-0.39, 0.29) is 17.1 Å². The number of aromatic nitrogens is 2. The van der Waals surface area contributed by atoms with Gasteiger partial charge in [-0.2, -0.15) is 9.40 Å². The van der Waals surface area contributed by atoms with Crippen LogP contribution in [0.1, 0.15) is 5.56 Å². The van der Waals surface area contributed by atoms with E-state index in [1.54, 1.807) is 24.1 Å². The van der Waals surface area contributed by atoms with E-state index in [0.717, 1.165) is 22.0 Å². The lowest BCUT2D eigenvalue weighted by Gasteiger charge is -2.16. The molecule has 6 nitrogen and oxygen atoms in total. The maximum absolute atomic E-state index is 13.1. The highest BCUT2D eigenvalue weighted by atomic mass is 32.2. The highest BCUT2D eigenvalue weighted by Crippen LogP contribution is 2.20. The van der Waals surface area contributed by atoms with Crippen molar-refractivity contribution >= 4 is 15.7 Å². The summed E-state index contributed by atoms with van der Waals surface area (Å²) in [5, 5.41) is 3.98. The molecule has 0 aliphatic rings. The number of sulfonamides is 1. The first-order valence-corrected chi connectivity index (χ1v) is 7.23. The van der Waals surface area contributed by atoms with Crippen LogP contribution in [0.25, 0.3) is 0 Å². The van der Waals surface area contributed by atoms with Crippen LogP contribution in [-0.4, -0.2) is 29.6 Å². The fraction of sp³-hybridized carbons (Fsp3) is 0.250. The van der Waals surface area contributed by atoms with Gasteiger partial charge in [0.25, 0.3) is 0 Å². The summed E-state index contributed by atoms with van der Waals surface area (Å²) in [6, 6.07) is 3.35. The van der Waals surface area contributed by atoms with Crippen LogP contribution >= 0.6 is 0 Å². The molecule has 0 aliphatic heterocycles. The van der Waals surface area contributed by atoms with Crippen molar-refractivity contribution in [2.45, 2.75) is 11.4 Å². The van der Waals surface area contributed by atoms with Gasteiger partial charge in [0.15, 0.2) is 0 Å². The minimum absolute atomic E-state index is 0.0391. The largest absolute Gasteiger partial charge is 0.396 e. The Balaban J connectivity index is 2.27. The molecule has 2 N–H and O–H groups in total. The Bertz CT molecular complexity index is 727. The van der Waals surface area contributed by atoms with Crippen molar-refractivity contribution in [1.82, 2.24) is 14.1 Å². The number of nitrogens with zero attached hydrogens (tertiary/aromatic N) is 3. The molecule has 108 valence electrons. The second-order valence-corrected chi connectivity index (χ2v) is 6.51. The molecule has 2 aromatic rings. The lowest BCUT2D eigenvalue weighted by Crippen LogP contribution is -2.26. The van der Waals surface area contributed by atoms with Crippen molar-refractivity contribution in [3.05, 3.63) is 42.0 Å². The minimum Gasteiger partial charge on any atom is -0.396 e. The van der Waals surface area contributed by atoms with Crippen molar-refractivity contribution < 1.29 is 12.8 Å². The Morgan fingerprint density at radius 2 is 2.15 bits per heavy atom. The quantitative estimate of drug-likeness (QED) is 0.853. The maximum atomic E-state index is 13.1. The smallest absolute Gasteiger partial charge is 0.243 e. The molecule has 0 saturated carbocycles. The summed E-state index contributed by atoms with van der Waals surface area (Å²) >= 11 is 0. The molecule has 0 amide bonds.